The van der Waals surface area contributed by atoms with Gasteiger partial charge in [-0.1, -0.05) is 6.92 Å². The van der Waals surface area contributed by atoms with Crippen LogP contribution in [0, 0.1) is 5.92 Å². The number of hydrogen-bond acceptors (Lipinski definition) is 6. The van der Waals surface area contributed by atoms with Crippen molar-refractivity contribution in [3.8, 4) is 0 Å². The molecule has 0 aromatic heterocycles. The summed E-state index contributed by atoms with van der Waals surface area (Å²) in [6.45, 7) is 1.47. The van der Waals surface area contributed by atoms with Gasteiger partial charge in [-0.05, 0) is 48.5 Å². The number of sulfonamides is 2. The van der Waals surface area contributed by atoms with E-state index in [0.717, 1.165) is 36.4 Å². The number of anilines is 3. The topological polar surface area (TPSA) is 130 Å². The normalized spacial score (nSPS) is 18.4. The van der Waals surface area contributed by atoms with Gasteiger partial charge in [0.2, 0.25) is 15.9 Å². The first kappa shape index (κ1) is 23.5. The predicted octanol–water partition coefficient (Wildman–Crippen LogP) is 2.30. The quantitative estimate of drug-likeness (QED) is 0.660. The van der Waals surface area contributed by atoms with Crippen molar-refractivity contribution in [1.29, 1.82) is 0 Å². The van der Waals surface area contributed by atoms with Crippen LogP contribution in [0.3, 0.4) is 0 Å². The standard InChI is InChI=1S/C18H16F3N3O6S2/c1-11-10-31(27,28)24(16(11)25)14-6-8-15(9-7-14)32(29,30)23-13-4-2-12(3-5-13)22-17(26)18(19,20)21/h2-9,11,23H,10H2,1H3,(H,22,26). The van der Waals surface area contributed by atoms with Crippen molar-refractivity contribution in [3.05, 3.63) is 48.5 Å². The molecule has 1 saturated heterocycles. The molecule has 9 nitrogen and oxygen atoms in total. The van der Waals surface area contributed by atoms with Gasteiger partial charge in [0.25, 0.3) is 10.0 Å². The highest BCUT2D eigenvalue weighted by Gasteiger charge is 2.42. The molecule has 1 atom stereocenters. The number of carbonyl (C=O) groups is 2. The first-order chi connectivity index (χ1) is 14.7. The summed E-state index contributed by atoms with van der Waals surface area (Å²) in [5, 5.41) is 1.63. The van der Waals surface area contributed by atoms with Crippen LogP contribution in [0.1, 0.15) is 6.92 Å². The minimum absolute atomic E-state index is 0.00283. The fourth-order valence-electron chi connectivity index (χ4n) is 2.89. The maximum Gasteiger partial charge on any atom is 0.471 e. The summed E-state index contributed by atoms with van der Waals surface area (Å²) in [4.78, 5) is 22.8. The van der Waals surface area contributed by atoms with E-state index in [-0.39, 0.29) is 27.7 Å². The zero-order valence-corrected chi connectivity index (χ0v) is 17.9. The fourth-order valence-corrected chi connectivity index (χ4v) is 5.76. The molecule has 1 aliphatic rings. The summed E-state index contributed by atoms with van der Waals surface area (Å²) in [6.07, 6.45) is -5.07. The minimum Gasteiger partial charge on any atom is -0.318 e. The highest BCUT2D eigenvalue weighted by Crippen LogP contribution is 2.29. The molecule has 1 unspecified atom stereocenters. The molecule has 2 amide bonds. The Labute approximate surface area is 181 Å². The number of hydrogen-bond donors (Lipinski definition) is 2. The zero-order chi connectivity index (χ0) is 23.9. The summed E-state index contributed by atoms with van der Waals surface area (Å²) in [5.41, 5.74) is -0.182. The molecule has 0 radical (unpaired) electrons. The third-order valence-corrected chi connectivity index (χ3v) is 7.66. The van der Waals surface area contributed by atoms with Crippen LogP contribution in [-0.4, -0.2) is 40.6 Å². The van der Waals surface area contributed by atoms with E-state index in [1.165, 1.54) is 19.1 Å². The van der Waals surface area contributed by atoms with E-state index in [2.05, 4.69) is 4.72 Å². The summed E-state index contributed by atoms with van der Waals surface area (Å²) >= 11 is 0. The molecule has 1 heterocycles. The third-order valence-electron chi connectivity index (χ3n) is 4.39. The number of carbonyl (C=O) groups excluding carboxylic acids is 2. The van der Waals surface area contributed by atoms with Gasteiger partial charge in [0.05, 0.1) is 22.3 Å². The van der Waals surface area contributed by atoms with E-state index in [1.807, 2.05) is 0 Å². The molecule has 0 spiro atoms. The summed E-state index contributed by atoms with van der Waals surface area (Å²) in [5.74, 6) is -3.84. The van der Waals surface area contributed by atoms with Crippen molar-refractivity contribution >= 4 is 48.9 Å². The molecule has 0 bridgehead atoms. The van der Waals surface area contributed by atoms with Gasteiger partial charge in [-0.2, -0.15) is 13.2 Å². The molecule has 0 aliphatic carbocycles. The summed E-state index contributed by atoms with van der Waals surface area (Å²) in [6, 6.07) is 9.03. The minimum atomic E-state index is -5.07. The maximum atomic E-state index is 12.5. The van der Waals surface area contributed by atoms with Crippen molar-refractivity contribution in [1.82, 2.24) is 0 Å². The van der Waals surface area contributed by atoms with Crippen LogP contribution in [0.2, 0.25) is 0 Å². The molecular weight excluding hydrogens is 475 g/mol. The number of rotatable bonds is 5. The van der Waals surface area contributed by atoms with Crippen LogP contribution in [0.5, 0.6) is 0 Å². The molecule has 1 fully saturated rings. The number of nitrogens with one attached hydrogen (secondary N) is 2. The molecule has 32 heavy (non-hydrogen) atoms. The molecule has 0 saturated carbocycles. The fraction of sp³-hybridized carbons (Fsp3) is 0.222. The summed E-state index contributed by atoms with van der Waals surface area (Å²) in [7, 11) is -7.98. The smallest absolute Gasteiger partial charge is 0.318 e. The number of nitrogens with zero attached hydrogens (tertiary/aromatic N) is 1. The van der Waals surface area contributed by atoms with Gasteiger partial charge in [0, 0.05) is 11.4 Å². The average Bonchev–Trinajstić information content (AvgIpc) is 2.89. The molecule has 3 rings (SSSR count). The Hall–Kier alpha value is -3.13. The first-order valence-corrected chi connectivity index (χ1v) is 12.0. The van der Waals surface area contributed by atoms with Crippen molar-refractivity contribution in [3.63, 3.8) is 0 Å². The average molecular weight is 491 g/mol. The lowest BCUT2D eigenvalue weighted by atomic mass is 10.2. The van der Waals surface area contributed by atoms with Gasteiger partial charge >= 0.3 is 12.1 Å². The Bertz CT molecular complexity index is 1260. The molecule has 2 aromatic carbocycles. The van der Waals surface area contributed by atoms with Crippen LogP contribution in [0.25, 0.3) is 0 Å². The lowest BCUT2D eigenvalue weighted by Crippen LogP contribution is -2.30. The summed E-state index contributed by atoms with van der Waals surface area (Å²) < 4.78 is 89.0. The Balaban J connectivity index is 1.75. The second-order valence-electron chi connectivity index (χ2n) is 6.91. The van der Waals surface area contributed by atoms with Crippen molar-refractivity contribution in [2.24, 2.45) is 5.92 Å². The third kappa shape index (κ3) is 4.85. The molecule has 1 aliphatic heterocycles. The number of benzene rings is 2. The second kappa shape index (κ2) is 8.09. The molecule has 14 heteroatoms. The Morgan fingerprint density at radius 2 is 1.56 bits per heavy atom. The zero-order valence-electron chi connectivity index (χ0n) is 16.3. The van der Waals surface area contributed by atoms with Crippen LogP contribution < -0.4 is 14.3 Å². The highest BCUT2D eigenvalue weighted by molar-refractivity contribution is 7.94. The first-order valence-electron chi connectivity index (χ1n) is 8.89. The molecular formula is C18H16F3N3O6S2. The molecule has 2 N–H and O–H groups in total. The van der Waals surface area contributed by atoms with Crippen LogP contribution in [0.15, 0.2) is 53.4 Å². The van der Waals surface area contributed by atoms with Crippen molar-refractivity contribution in [2.75, 3.05) is 20.1 Å². The highest BCUT2D eigenvalue weighted by atomic mass is 32.2. The van der Waals surface area contributed by atoms with Crippen molar-refractivity contribution in [2.45, 2.75) is 18.0 Å². The van der Waals surface area contributed by atoms with Crippen molar-refractivity contribution < 1.29 is 39.6 Å². The van der Waals surface area contributed by atoms with E-state index in [0.29, 0.717) is 4.31 Å². The van der Waals surface area contributed by atoms with E-state index < -0.39 is 44.0 Å². The van der Waals surface area contributed by atoms with Gasteiger partial charge < -0.3 is 5.32 Å². The monoisotopic (exact) mass is 491 g/mol. The van der Waals surface area contributed by atoms with E-state index in [1.54, 1.807) is 5.32 Å². The number of amides is 2. The van der Waals surface area contributed by atoms with Crippen LogP contribution >= 0.6 is 0 Å². The number of halogens is 3. The van der Waals surface area contributed by atoms with Gasteiger partial charge in [0.15, 0.2) is 0 Å². The van der Waals surface area contributed by atoms with Crippen LogP contribution in [-0.2, 0) is 29.6 Å². The molecule has 172 valence electrons. The molecule has 2 aromatic rings. The largest absolute Gasteiger partial charge is 0.471 e. The second-order valence-corrected chi connectivity index (χ2v) is 10.5. The van der Waals surface area contributed by atoms with E-state index in [4.69, 9.17) is 0 Å². The van der Waals surface area contributed by atoms with Gasteiger partial charge in [-0.25, -0.2) is 21.1 Å². The Morgan fingerprint density at radius 1 is 1.03 bits per heavy atom. The maximum absolute atomic E-state index is 12.5. The lowest BCUT2D eigenvalue weighted by Gasteiger charge is -2.16. The van der Waals surface area contributed by atoms with E-state index in [9.17, 15) is 39.6 Å². The lowest BCUT2D eigenvalue weighted by molar-refractivity contribution is -0.167. The predicted molar refractivity (Wildman–Crippen MR) is 109 cm³/mol. The van der Waals surface area contributed by atoms with Gasteiger partial charge in [-0.15, -0.1) is 0 Å². The van der Waals surface area contributed by atoms with Gasteiger partial charge in [0.1, 0.15) is 0 Å². The van der Waals surface area contributed by atoms with Gasteiger partial charge in [-0.3, -0.25) is 14.3 Å². The van der Waals surface area contributed by atoms with Crippen LogP contribution in [0.4, 0.5) is 30.2 Å². The number of alkyl halides is 3. The Kier molecular flexibility index (Phi) is 5.95. The van der Waals surface area contributed by atoms with E-state index >= 15 is 0 Å². The Morgan fingerprint density at radius 3 is 2.03 bits per heavy atom. The SMILES string of the molecule is CC1CS(=O)(=O)N(c2ccc(S(=O)(=O)Nc3ccc(NC(=O)C(F)(F)F)cc3)cc2)C1=O.